The molecule has 1 atom stereocenters. The van der Waals surface area contributed by atoms with Crippen LogP contribution in [0.25, 0.3) is 0 Å². The SMILES string of the molecule is CCOC(=O)CC(NC(=O)c1ccc2c(c1[N+](=O)[O-])C(=O)c1ccccc1C2=O)c1cccc([N+](=O)[O-])c1. The molecule has 0 aliphatic heterocycles. The second-order valence-corrected chi connectivity index (χ2v) is 8.23. The fraction of sp³-hybridized carbons (Fsp3) is 0.154. The predicted octanol–water partition coefficient (Wildman–Crippen LogP) is 3.70. The lowest BCUT2D eigenvalue weighted by molar-refractivity contribution is -0.385. The summed E-state index contributed by atoms with van der Waals surface area (Å²) < 4.78 is 4.94. The van der Waals surface area contributed by atoms with Gasteiger partial charge in [0.15, 0.2) is 5.78 Å². The van der Waals surface area contributed by atoms with E-state index in [1.165, 1.54) is 42.5 Å². The first-order valence-corrected chi connectivity index (χ1v) is 11.3. The van der Waals surface area contributed by atoms with Crippen molar-refractivity contribution in [1.82, 2.24) is 5.32 Å². The van der Waals surface area contributed by atoms with Crippen LogP contribution >= 0.6 is 0 Å². The minimum absolute atomic E-state index is 0.0255. The Hall–Kier alpha value is -5.26. The molecule has 0 aromatic heterocycles. The Labute approximate surface area is 214 Å². The average Bonchev–Trinajstić information content (AvgIpc) is 2.90. The van der Waals surface area contributed by atoms with E-state index >= 15 is 0 Å². The predicted molar refractivity (Wildman–Crippen MR) is 131 cm³/mol. The van der Waals surface area contributed by atoms with Gasteiger partial charge in [-0.1, -0.05) is 36.4 Å². The third-order valence-electron chi connectivity index (χ3n) is 5.96. The van der Waals surface area contributed by atoms with Crippen LogP contribution in [0.5, 0.6) is 0 Å². The molecule has 12 nitrogen and oxygen atoms in total. The molecule has 192 valence electrons. The Bertz CT molecular complexity index is 1530. The molecule has 4 rings (SSSR count). The fourth-order valence-corrected chi connectivity index (χ4v) is 4.27. The summed E-state index contributed by atoms with van der Waals surface area (Å²) in [6.07, 6.45) is -0.426. The highest BCUT2D eigenvalue weighted by Gasteiger charge is 2.39. The van der Waals surface area contributed by atoms with Crippen LogP contribution in [0, 0.1) is 20.2 Å². The number of ether oxygens (including phenoxy) is 1. The quantitative estimate of drug-likeness (QED) is 0.207. The molecule has 0 heterocycles. The van der Waals surface area contributed by atoms with E-state index in [-0.39, 0.29) is 34.5 Å². The normalized spacial score (nSPS) is 12.7. The van der Waals surface area contributed by atoms with Gasteiger partial charge in [-0.15, -0.1) is 0 Å². The molecule has 1 aliphatic carbocycles. The first-order valence-electron chi connectivity index (χ1n) is 11.3. The number of fused-ring (bicyclic) bond motifs is 2. The summed E-state index contributed by atoms with van der Waals surface area (Å²) in [5.74, 6) is -3.12. The van der Waals surface area contributed by atoms with Crippen LogP contribution in [0.3, 0.4) is 0 Å². The number of benzene rings is 3. The molecule has 1 aliphatic rings. The zero-order chi connectivity index (χ0) is 27.6. The van der Waals surface area contributed by atoms with Crippen LogP contribution in [0.4, 0.5) is 11.4 Å². The molecule has 0 saturated heterocycles. The van der Waals surface area contributed by atoms with Gasteiger partial charge in [-0.2, -0.15) is 0 Å². The number of hydrogen-bond acceptors (Lipinski definition) is 9. The van der Waals surface area contributed by atoms with Crippen molar-refractivity contribution in [1.29, 1.82) is 0 Å². The summed E-state index contributed by atoms with van der Waals surface area (Å²) in [5, 5.41) is 25.8. The van der Waals surface area contributed by atoms with Crippen LogP contribution in [-0.2, 0) is 9.53 Å². The number of carbonyl (C=O) groups is 4. The second kappa shape index (κ2) is 10.4. The highest BCUT2D eigenvalue weighted by atomic mass is 16.6. The number of nitro groups is 2. The lowest BCUT2D eigenvalue weighted by Crippen LogP contribution is -2.32. The minimum Gasteiger partial charge on any atom is -0.466 e. The van der Waals surface area contributed by atoms with E-state index in [1.807, 2.05) is 0 Å². The van der Waals surface area contributed by atoms with Gasteiger partial charge < -0.3 is 10.1 Å². The zero-order valence-electron chi connectivity index (χ0n) is 19.8. The molecular weight excluding hydrogens is 498 g/mol. The van der Waals surface area contributed by atoms with E-state index in [1.54, 1.807) is 13.0 Å². The number of rotatable bonds is 8. The smallest absolute Gasteiger partial charge is 0.308 e. The largest absolute Gasteiger partial charge is 0.466 e. The number of ketones is 2. The van der Waals surface area contributed by atoms with Crippen LogP contribution in [0.1, 0.15) is 67.2 Å². The third kappa shape index (κ3) is 4.74. The monoisotopic (exact) mass is 517 g/mol. The summed E-state index contributed by atoms with van der Waals surface area (Å²) in [4.78, 5) is 73.5. The molecule has 12 heteroatoms. The molecule has 0 saturated carbocycles. The topological polar surface area (TPSA) is 176 Å². The molecule has 3 aromatic rings. The zero-order valence-corrected chi connectivity index (χ0v) is 19.8. The highest BCUT2D eigenvalue weighted by Crippen LogP contribution is 2.36. The maximum Gasteiger partial charge on any atom is 0.308 e. The van der Waals surface area contributed by atoms with Crippen molar-refractivity contribution in [3.8, 4) is 0 Å². The van der Waals surface area contributed by atoms with Crippen molar-refractivity contribution in [2.24, 2.45) is 0 Å². The van der Waals surface area contributed by atoms with E-state index in [4.69, 9.17) is 4.74 Å². The first kappa shape index (κ1) is 25.8. The molecule has 38 heavy (non-hydrogen) atoms. The van der Waals surface area contributed by atoms with E-state index in [0.29, 0.717) is 0 Å². The molecule has 0 bridgehead atoms. The Kier molecular flexibility index (Phi) is 7.06. The van der Waals surface area contributed by atoms with Gasteiger partial charge in [-0.25, -0.2) is 0 Å². The van der Waals surface area contributed by atoms with Gasteiger partial charge in [0.2, 0.25) is 5.78 Å². The first-order chi connectivity index (χ1) is 18.1. The van der Waals surface area contributed by atoms with Gasteiger partial charge in [-0.3, -0.25) is 39.4 Å². The molecule has 3 aromatic carbocycles. The maximum atomic E-state index is 13.3. The molecule has 0 spiro atoms. The van der Waals surface area contributed by atoms with E-state index in [0.717, 1.165) is 12.1 Å². The number of hydrogen-bond donors (Lipinski definition) is 1. The van der Waals surface area contributed by atoms with Crippen LogP contribution in [0.15, 0.2) is 60.7 Å². The minimum atomic E-state index is -1.16. The molecule has 1 amide bonds. The van der Waals surface area contributed by atoms with Gasteiger partial charge in [0, 0.05) is 28.8 Å². The summed E-state index contributed by atoms with van der Waals surface area (Å²) in [6.45, 7) is 1.62. The Balaban J connectivity index is 1.78. The number of nitro benzene ring substituents is 2. The molecule has 1 unspecified atom stereocenters. The summed E-state index contributed by atoms with van der Waals surface area (Å²) >= 11 is 0. The molecule has 0 fully saturated rings. The number of carbonyl (C=O) groups excluding carboxylic acids is 4. The number of non-ortho nitro benzene ring substituents is 1. The number of nitrogens with one attached hydrogen (secondary N) is 1. The average molecular weight is 517 g/mol. The van der Waals surface area contributed by atoms with Gasteiger partial charge >= 0.3 is 5.97 Å². The lowest BCUT2D eigenvalue weighted by atomic mass is 9.82. The number of esters is 1. The van der Waals surface area contributed by atoms with Crippen molar-refractivity contribution < 1.29 is 33.8 Å². The number of nitrogens with zero attached hydrogens (tertiary/aromatic N) is 2. The summed E-state index contributed by atoms with van der Waals surface area (Å²) in [7, 11) is 0. The highest BCUT2D eigenvalue weighted by molar-refractivity contribution is 6.30. The van der Waals surface area contributed by atoms with Crippen LogP contribution in [-0.4, -0.2) is 39.9 Å². The van der Waals surface area contributed by atoms with Crippen LogP contribution < -0.4 is 5.32 Å². The molecule has 1 N–H and O–H groups in total. The summed E-state index contributed by atoms with van der Waals surface area (Å²) in [6, 6.07) is 12.1. The summed E-state index contributed by atoms with van der Waals surface area (Å²) in [5.41, 5.74) is -2.15. The van der Waals surface area contributed by atoms with Crippen molar-refractivity contribution in [3.63, 3.8) is 0 Å². The Morgan fingerprint density at radius 2 is 1.58 bits per heavy atom. The Morgan fingerprint density at radius 1 is 0.895 bits per heavy atom. The van der Waals surface area contributed by atoms with Crippen molar-refractivity contribution >= 4 is 34.8 Å². The van der Waals surface area contributed by atoms with E-state index in [2.05, 4.69) is 5.32 Å². The number of amides is 1. The Morgan fingerprint density at radius 3 is 2.21 bits per heavy atom. The van der Waals surface area contributed by atoms with E-state index in [9.17, 15) is 39.4 Å². The lowest BCUT2D eigenvalue weighted by Gasteiger charge is -2.20. The van der Waals surface area contributed by atoms with Crippen molar-refractivity contribution in [3.05, 3.63) is 114 Å². The van der Waals surface area contributed by atoms with Gasteiger partial charge in [0.1, 0.15) is 11.1 Å². The third-order valence-corrected chi connectivity index (χ3v) is 5.96. The van der Waals surface area contributed by atoms with Gasteiger partial charge in [0.05, 0.1) is 28.9 Å². The van der Waals surface area contributed by atoms with E-state index < -0.39 is 62.6 Å². The molecular formula is C26H19N3O9. The van der Waals surface area contributed by atoms with Crippen molar-refractivity contribution in [2.75, 3.05) is 6.61 Å². The maximum absolute atomic E-state index is 13.3. The molecule has 0 radical (unpaired) electrons. The van der Waals surface area contributed by atoms with Gasteiger partial charge in [-0.05, 0) is 24.6 Å². The fourth-order valence-electron chi connectivity index (χ4n) is 4.27. The van der Waals surface area contributed by atoms with Crippen molar-refractivity contribution in [2.45, 2.75) is 19.4 Å². The van der Waals surface area contributed by atoms with Gasteiger partial charge in [0.25, 0.3) is 17.3 Å². The second-order valence-electron chi connectivity index (χ2n) is 8.23. The van der Waals surface area contributed by atoms with Crippen LogP contribution in [0.2, 0.25) is 0 Å². The standard InChI is InChI=1S/C26H19N3O9/c1-2-38-21(30)13-20(14-6-5-7-15(12-14)28(34)35)27-26(33)19-11-10-18-22(23(19)29(36)37)25(32)17-9-4-3-8-16(17)24(18)31/h3-12,20H,2,13H2,1H3,(H,27,33).